The van der Waals surface area contributed by atoms with Gasteiger partial charge in [0.1, 0.15) is 5.82 Å². The van der Waals surface area contributed by atoms with E-state index in [0.717, 1.165) is 31.7 Å². The summed E-state index contributed by atoms with van der Waals surface area (Å²) < 4.78 is 1.93. The van der Waals surface area contributed by atoms with Gasteiger partial charge in [0.2, 0.25) is 0 Å². The molecule has 1 saturated heterocycles. The van der Waals surface area contributed by atoms with Gasteiger partial charge in [-0.05, 0) is 32.0 Å². The number of piperidine rings is 1. The van der Waals surface area contributed by atoms with Crippen LogP contribution >= 0.6 is 12.4 Å². The number of nitrogen functional groups attached to an aromatic ring is 1. The predicted octanol–water partition coefficient (Wildman–Crippen LogP) is 0.812. The lowest BCUT2D eigenvalue weighted by Crippen LogP contribution is -2.30. The van der Waals surface area contributed by atoms with Crippen LogP contribution in [-0.2, 0) is 0 Å². The first-order valence-corrected chi connectivity index (χ1v) is 4.37. The number of hydrogen-bond donors (Lipinski definition) is 2. The zero-order valence-electron chi connectivity index (χ0n) is 7.44. The van der Waals surface area contributed by atoms with E-state index in [1.54, 1.807) is 6.20 Å². The molecule has 0 aromatic carbocycles. The Balaban J connectivity index is 0.000000845. The van der Waals surface area contributed by atoms with Crippen LogP contribution < -0.4 is 11.1 Å². The van der Waals surface area contributed by atoms with Gasteiger partial charge in [-0.3, -0.25) is 0 Å². The summed E-state index contributed by atoms with van der Waals surface area (Å²) in [6.07, 6.45) is 4.02. The number of hydrogen-bond acceptors (Lipinski definition) is 3. The first kappa shape index (κ1) is 10.3. The molecule has 0 saturated carbocycles. The molecule has 0 atom stereocenters. The summed E-state index contributed by atoms with van der Waals surface area (Å²) in [7, 11) is 0. The lowest BCUT2D eigenvalue weighted by molar-refractivity contribution is 0.347. The summed E-state index contributed by atoms with van der Waals surface area (Å²) in [6, 6.07) is 2.35. The SMILES string of the molecule is Cl.Nc1ccnn1C1CCNCC1. The number of rotatable bonds is 1. The minimum atomic E-state index is 0. The molecule has 5 heteroatoms. The molecular weight excluding hydrogens is 188 g/mol. The van der Waals surface area contributed by atoms with Crippen LogP contribution in [0.25, 0.3) is 0 Å². The monoisotopic (exact) mass is 202 g/mol. The summed E-state index contributed by atoms with van der Waals surface area (Å²) >= 11 is 0. The highest BCUT2D eigenvalue weighted by Gasteiger charge is 2.16. The Morgan fingerprint density at radius 3 is 2.69 bits per heavy atom. The Bertz CT molecular complexity index is 254. The highest BCUT2D eigenvalue weighted by atomic mass is 35.5. The van der Waals surface area contributed by atoms with Crippen LogP contribution in [-0.4, -0.2) is 22.9 Å². The molecule has 0 spiro atoms. The van der Waals surface area contributed by atoms with Crippen molar-refractivity contribution >= 4 is 18.2 Å². The molecule has 1 aliphatic heterocycles. The quantitative estimate of drug-likeness (QED) is 0.709. The van der Waals surface area contributed by atoms with Gasteiger partial charge in [-0.15, -0.1) is 12.4 Å². The average Bonchev–Trinajstić information content (AvgIpc) is 2.53. The Morgan fingerprint density at radius 2 is 2.15 bits per heavy atom. The lowest BCUT2D eigenvalue weighted by atomic mass is 10.1. The maximum absolute atomic E-state index is 5.75. The number of aromatic nitrogens is 2. The first-order valence-electron chi connectivity index (χ1n) is 4.37. The van der Waals surface area contributed by atoms with Crippen LogP contribution in [0.1, 0.15) is 18.9 Å². The van der Waals surface area contributed by atoms with E-state index >= 15 is 0 Å². The number of nitrogens with two attached hydrogens (primary N) is 1. The van der Waals surface area contributed by atoms with Crippen LogP contribution in [0.4, 0.5) is 5.82 Å². The Hall–Kier alpha value is -0.740. The fourth-order valence-electron chi connectivity index (χ4n) is 1.68. The number of halogens is 1. The van der Waals surface area contributed by atoms with E-state index < -0.39 is 0 Å². The molecule has 13 heavy (non-hydrogen) atoms. The second kappa shape index (κ2) is 4.48. The standard InChI is InChI=1S/C8H14N4.ClH/c9-8-3-6-11-12(8)7-1-4-10-5-2-7;/h3,6-7,10H,1-2,4-5,9H2;1H. The van der Waals surface area contributed by atoms with Crippen molar-refractivity contribution in [3.63, 3.8) is 0 Å². The molecule has 1 fully saturated rings. The van der Waals surface area contributed by atoms with Crippen molar-refractivity contribution in [1.82, 2.24) is 15.1 Å². The third kappa shape index (κ3) is 2.14. The topological polar surface area (TPSA) is 55.9 Å². The van der Waals surface area contributed by atoms with Gasteiger partial charge in [0.05, 0.1) is 12.2 Å². The third-order valence-corrected chi connectivity index (χ3v) is 2.36. The molecule has 74 valence electrons. The fraction of sp³-hybridized carbons (Fsp3) is 0.625. The smallest absolute Gasteiger partial charge is 0.121 e. The molecule has 2 heterocycles. The maximum Gasteiger partial charge on any atom is 0.121 e. The van der Waals surface area contributed by atoms with Gasteiger partial charge in [0.15, 0.2) is 0 Å². The Kier molecular flexibility index (Phi) is 3.57. The second-order valence-electron chi connectivity index (χ2n) is 3.18. The molecule has 4 nitrogen and oxygen atoms in total. The molecule has 3 N–H and O–H groups in total. The van der Waals surface area contributed by atoms with Gasteiger partial charge in [0, 0.05) is 0 Å². The van der Waals surface area contributed by atoms with Crippen LogP contribution in [0.3, 0.4) is 0 Å². The lowest BCUT2D eigenvalue weighted by Gasteiger charge is -2.23. The van der Waals surface area contributed by atoms with Gasteiger partial charge in [0.25, 0.3) is 0 Å². The van der Waals surface area contributed by atoms with E-state index in [0.29, 0.717) is 6.04 Å². The summed E-state index contributed by atoms with van der Waals surface area (Å²) in [4.78, 5) is 0. The second-order valence-corrected chi connectivity index (χ2v) is 3.18. The normalized spacial score (nSPS) is 18.2. The maximum atomic E-state index is 5.75. The third-order valence-electron chi connectivity index (χ3n) is 2.36. The molecule has 0 amide bonds. The largest absolute Gasteiger partial charge is 0.384 e. The zero-order chi connectivity index (χ0) is 8.39. The van der Waals surface area contributed by atoms with Crippen LogP contribution in [0.5, 0.6) is 0 Å². The van der Waals surface area contributed by atoms with Gasteiger partial charge in [-0.2, -0.15) is 5.10 Å². The van der Waals surface area contributed by atoms with E-state index in [-0.39, 0.29) is 12.4 Å². The van der Waals surface area contributed by atoms with Gasteiger partial charge in [-0.25, -0.2) is 4.68 Å². The molecule has 0 aliphatic carbocycles. The molecular formula is C8H15ClN4. The minimum Gasteiger partial charge on any atom is -0.384 e. The van der Waals surface area contributed by atoms with Gasteiger partial charge < -0.3 is 11.1 Å². The summed E-state index contributed by atoms with van der Waals surface area (Å²) in [5.74, 6) is 0.780. The zero-order valence-corrected chi connectivity index (χ0v) is 8.26. The van der Waals surface area contributed by atoms with Crippen molar-refractivity contribution in [2.24, 2.45) is 0 Å². The van der Waals surface area contributed by atoms with E-state index in [2.05, 4.69) is 10.4 Å². The molecule has 2 rings (SSSR count). The summed E-state index contributed by atoms with van der Waals surface area (Å²) in [5, 5.41) is 7.52. The minimum absolute atomic E-state index is 0. The van der Waals surface area contributed by atoms with Crippen LogP contribution in [0.15, 0.2) is 12.3 Å². The number of anilines is 1. The molecule has 0 unspecified atom stereocenters. The molecule has 1 aliphatic rings. The number of nitrogens with zero attached hydrogens (tertiary/aromatic N) is 2. The number of nitrogens with one attached hydrogen (secondary N) is 1. The predicted molar refractivity (Wildman–Crippen MR) is 55.0 cm³/mol. The van der Waals surface area contributed by atoms with Crippen molar-refractivity contribution in [2.45, 2.75) is 18.9 Å². The van der Waals surface area contributed by atoms with Crippen molar-refractivity contribution in [1.29, 1.82) is 0 Å². The van der Waals surface area contributed by atoms with E-state index in [1.165, 1.54) is 0 Å². The van der Waals surface area contributed by atoms with Crippen molar-refractivity contribution < 1.29 is 0 Å². The molecule has 0 radical (unpaired) electrons. The van der Waals surface area contributed by atoms with Crippen molar-refractivity contribution in [2.75, 3.05) is 18.8 Å². The van der Waals surface area contributed by atoms with Crippen molar-refractivity contribution in [3.8, 4) is 0 Å². The highest BCUT2D eigenvalue weighted by molar-refractivity contribution is 5.85. The van der Waals surface area contributed by atoms with Crippen LogP contribution in [0, 0.1) is 0 Å². The van der Waals surface area contributed by atoms with E-state index in [1.807, 2.05) is 10.7 Å². The van der Waals surface area contributed by atoms with E-state index in [4.69, 9.17) is 5.73 Å². The Morgan fingerprint density at radius 1 is 1.46 bits per heavy atom. The molecule has 1 aromatic heterocycles. The van der Waals surface area contributed by atoms with Gasteiger partial charge >= 0.3 is 0 Å². The fourth-order valence-corrected chi connectivity index (χ4v) is 1.68. The van der Waals surface area contributed by atoms with Crippen LogP contribution in [0.2, 0.25) is 0 Å². The van der Waals surface area contributed by atoms with Gasteiger partial charge in [-0.1, -0.05) is 0 Å². The summed E-state index contributed by atoms with van der Waals surface area (Å²) in [5.41, 5.74) is 5.75. The Labute approximate surface area is 83.9 Å². The first-order chi connectivity index (χ1) is 5.88. The van der Waals surface area contributed by atoms with E-state index in [9.17, 15) is 0 Å². The highest BCUT2D eigenvalue weighted by Crippen LogP contribution is 2.19. The van der Waals surface area contributed by atoms with Crippen molar-refractivity contribution in [3.05, 3.63) is 12.3 Å². The average molecular weight is 203 g/mol. The molecule has 0 bridgehead atoms. The molecule has 1 aromatic rings. The summed E-state index contributed by atoms with van der Waals surface area (Å²) in [6.45, 7) is 2.15.